The van der Waals surface area contributed by atoms with Crippen LogP contribution in [0.5, 0.6) is 5.75 Å². The van der Waals surface area contributed by atoms with Crippen LogP contribution in [-0.2, 0) is 0 Å². The van der Waals surface area contributed by atoms with Gasteiger partial charge in [0.15, 0.2) is 0 Å². The summed E-state index contributed by atoms with van der Waals surface area (Å²) in [6.07, 6.45) is 0. The molecule has 0 spiro atoms. The third-order valence-electron chi connectivity index (χ3n) is 3.40. The summed E-state index contributed by atoms with van der Waals surface area (Å²) in [5, 5.41) is 10.4. The van der Waals surface area contributed by atoms with Crippen molar-refractivity contribution in [1.82, 2.24) is 4.90 Å². The van der Waals surface area contributed by atoms with Crippen molar-refractivity contribution >= 4 is 0 Å². The van der Waals surface area contributed by atoms with E-state index in [2.05, 4.69) is 32.0 Å². The normalized spacial score (nSPS) is 14.0. The largest absolute Gasteiger partial charge is 0.496 e. The van der Waals surface area contributed by atoms with Crippen molar-refractivity contribution in [1.29, 1.82) is 0 Å². The smallest absolute Gasteiger partial charge is 0.124 e. The lowest BCUT2D eigenvalue weighted by atomic mass is 9.88. The molecule has 0 radical (unpaired) electrons. The predicted molar refractivity (Wildman–Crippen MR) is 79.8 cm³/mol. The molecule has 1 aromatic carbocycles. The van der Waals surface area contributed by atoms with Crippen LogP contribution in [0.1, 0.15) is 50.8 Å². The van der Waals surface area contributed by atoms with Crippen LogP contribution in [0.4, 0.5) is 0 Å². The second-order valence-corrected chi connectivity index (χ2v) is 6.18. The maximum Gasteiger partial charge on any atom is 0.124 e. The SMILES string of the molecule is COc1cc(C(C)C)ccc1C(N(C)C)C(C)(C)O. The average Bonchev–Trinajstić information content (AvgIpc) is 2.26. The molecule has 1 aromatic rings. The molecule has 0 bridgehead atoms. The summed E-state index contributed by atoms with van der Waals surface area (Å²) in [6, 6.07) is 6.15. The van der Waals surface area contributed by atoms with E-state index in [-0.39, 0.29) is 6.04 Å². The Morgan fingerprint density at radius 1 is 1.21 bits per heavy atom. The van der Waals surface area contributed by atoms with Crippen LogP contribution in [0.2, 0.25) is 0 Å². The van der Waals surface area contributed by atoms with E-state index in [1.165, 1.54) is 5.56 Å². The zero-order valence-corrected chi connectivity index (χ0v) is 13.2. The Morgan fingerprint density at radius 3 is 2.16 bits per heavy atom. The molecule has 0 heterocycles. The van der Waals surface area contributed by atoms with Gasteiger partial charge in [-0.05, 0) is 45.5 Å². The van der Waals surface area contributed by atoms with Crippen LogP contribution in [0.15, 0.2) is 18.2 Å². The molecule has 0 saturated carbocycles. The van der Waals surface area contributed by atoms with Gasteiger partial charge in [-0.3, -0.25) is 4.90 Å². The van der Waals surface area contributed by atoms with E-state index in [1.807, 2.05) is 32.8 Å². The van der Waals surface area contributed by atoms with Gasteiger partial charge in [0.2, 0.25) is 0 Å². The molecule has 0 aliphatic carbocycles. The van der Waals surface area contributed by atoms with Crippen molar-refractivity contribution < 1.29 is 9.84 Å². The third-order valence-corrected chi connectivity index (χ3v) is 3.40. The molecule has 1 atom stereocenters. The minimum atomic E-state index is -0.837. The molecule has 0 fully saturated rings. The van der Waals surface area contributed by atoms with Crippen LogP contribution < -0.4 is 4.74 Å². The van der Waals surface area contributed by atoms with E-state index in [9.17, 15) is 5.11 Å². The van der Waals surface area contributed by atoms with Crippen LogP contribution in [0.3, 0.4) is 0 Å². The Labute approximate surface area is 117 Å². The Kier molecular flexibility index (Phi) is 4.99. The molecule has 1 N–H and O–H groups in total. The standard InChI is InChI=1S/C16H27NO2/c1-11(2)12-8-9-13(14(10-12)19-7)15(17(5)6)16(3,4)18/h8-11,15,18H,1-7H3. The molecule has 3 nitrogen and oxygen atoms in total. The molecule has 0 saturated heterocycles. The predicted octanol–water partition coefficient (Wildman–Crippen LogP) is 3.19. The van der Waals surface area contributed by atoms with Gasteiger partial charge in [0.1, 0.15) is 5.75 Å². The van der Waals surface area contributed by atoms with Gasteiger partial charge in [-0.1, -0.05) is 26.0 Å². The van der Waals surface area contributed by atoms with E-state index in [0.29, 0.717) is 5.92 Å². The number of ether oxygens (including phenoxy) is 1. The fraction of sp³-hybridized carbons (Fsp3) is 0.625. The lowest BCUT2D eigenvalue weighted by Gasteiger charge is -2.36. The number of likely N-dealkylation sites (N-methyl/N-ethyl adjacent to an activating group) is 1. The first-order chi connectivity index (χ1) is 8.68. The van der Waals surface area contributed by atoms with Crippen LogP contribution in [-0.4, -0.2) is 36.8 Å². The molecule has 0 aromatic heterocycles. The summed E-state index contributed by atoms with van der Waals surface area (Å²) in [4.78, 5) is 2.02. The third kappa shape index (κ3) is 3.71. The van der Waals surface area contributed by atoms with E-state index in [4.69, 9.17) is 4.74 Å². The van der Waals surface area contributed by atoms with Crippen LogP contribution >= 0.6 is 0 Å². The van der Waals surface area contributed by atoms with E-state index in [1.54, 1.807) is 7.11 Å². The van der Waals surface area contributed by atoms with Crippen molar-refractivity contribution in [2.24, 2.45) is 0 Å². The van der Waals surface area contributed by atoms with Crippen molar-refractivity contribution in [3.8, 4) is 5.75 Å². The fourth-order valence-corrected chi connectivity index (χ4v) is 2.60. The second-order valence-electron chi connectivity index (χ2n) is 6.18. The highest BCUT2D eigenvalue weighted by Gasteiger charge is 2.32. The van der Waals surface area contributed by atoms with Crippen molar-refractivity contribution in [3.05, 3.63) is 29.3 Å². The summed E-state index contributed by atoms with van der Waals surface area (Å²) < 4.78 is 5.52. The topological polar surface area (TPSA) is 32.7 Å². The Balaban J connectivity index is 3.32. The highest BCUT2D eigenvalue weighted by molar-refractivity contribution is 5.41. The van der Waals surface area contributed by atoms with Crippen molar-refractivity contribution in [2.45, 2.75) is 45.3 Å². The molecule has 3 heteroatoms. The molecular formula is C16H27NO2. The lowest BCUT2D eigenvalue weighted by molar-refractivity contribution is -0.00410. The van der Waals surface area contributed by atoms with Gasteiger partial charge in [0.05, 0.1) is 18.8 Å². The average molecular weight is 265 g/mol. The highest BCUT2D eigenvalue weighted by Crippen LogP contribution is 2.37. The number of methoxy groups -OCH3 is 1. The van der Waals surface area contributed by atoms with Crippen LogP contribution in [0, 0.1) is 0 Å². The number of nitrogens with zero attached hydrogens (tertiary/aromatic N) is 1. The van der Waals surface area contributed by atoms with Crippen molar-refractivity contribution in [2.75, 3.05) is 21.2 Å². The Hall–Kier alpha value is -1.06. The maximum absolute atomic E-state index is 10.4. The monoisotopic (exact) mass is 265 g/mol. The maximum atomic E-state index is 10.4. The first-order valence-electron chi connectivity index (χ1n) is 6.75. The van der Waals surface area contributed by atoms with Gasteiger partial charge in [0, 0.05) is 5.56 Å². The minimum absolute atomic E-state index is 0.108. The summed E-state index contributed by atoms with van der Waals surface area (Å²) in [7, 11) is 5.62. The first-order valence-corrected chi connectivity index (χ1v) is 6.75. The molecule has 0 amide bonds. The summed E-state index contributed by atoms with van der Waals surface area (Å²) in [6.45, 7) is 7.97. The lowest BCUT2D eigenvalue weighted by Crippen LogP contribution is -2.38. The summed E-state index contributed by atoms with van der Waals surface area (Å²) in [5.74, 6) is 1.30. The van der Waals surface area contributed by atoms with E-state index >= 15 is 0 Å². The number of hydrogen-bond donors (Lipinski definition) is 1. The minimum Gasteiger partial charge on any atom is -0.496 e. The Bertz CT molecular complexity index is 419. The molecule has 1 rings (SSSR count). The molecule has 0 aliphatic heterocycles. The number of benzene rings is 1. The van der Waals surface area contributed by atoms with Gasteiger partial charge in [-0.25, -0.2) is 0 Å². The van der Waals surface area contributed by atoms with Crippen LogP contribution in [0.25, 0.3) is 0 Å². The van der Waals surface area contributed by atoms with Gasteiger partial charge in [-0.2, -0.15) is 0 Å². The molecular weight excluding hydrogens is 238 g/mol. The van der Waals surface area contributed by atoms with Gasteiger partial charge >= 0.3 is 0 Å². The molecule has 1 unspecified atom stereocenters. The zero-order chi connectivity index (χ0) is 14.8. The second kappa shape index (κ2) is 5.93. The fourth-order valence-electron chi connectivity index (χ4n) is 2.60. The molecule has 108 valence electrons. The van der Waals surface area contributed by atoms with Gasteiger partial charge in [0.25, 0.3) is 0 Å². The van der Waals surface area contributed by atoms with Gasteiger partial charge < -0.3 is 9.84 Å². The van der Waals surface area contributed by atoms with E-state index in [0.717, 1.165) is 11.3 Å². The summed E-state index contributed by atoms with van der Waals surface area (Å²) in [5.41, 5.74) is 1.43. The summed E-state index contributed by atoms with van der Waals surface area (Å²) >= 11 is 0. The number of aliphatic hydroxyl groups is 1. The van der Waals surface area contributed by atoms with Gasteiger partial charge in [-0.15, -0.1) is 0 Å². The highest BCUT2D eigenvalue weighted by atomic mass is 16.5. The quantitative estimate of drug-likeness (QED) is 0.887. The van der Waals surface area contributed by atoms with Crippen molar-refractivity contribution in [3.63, 3.8) is 0 Å². The Morgan fingerprint density at radius 2 is 1.79 bits per heavy atom. The number of rotatable bonds is 5. The zero-order valence-electron chi connectivity index (χ0n) is 13.2. The number of hydrogen-bond acceptors (Lipinski definition) is 3. The van der Waals surface area contributed by atoms with E-state index < -0.39 is 5.60 Å². The molecule has 19 heavy (non-hydrogen) atoms. The first kappa shape index (κ1) is 16.0. The molecule has 0 aliphatic rings.